The molecule has 0 aromatic heterocycles. The van der Waals surface area contributed by atoms with Crippen LogP contribution in [0.3, 0.4) is 0 Å². The molecule has 0 radical (unpaired) electrons. The summed E-state index contributed by atoms with van der Waals surface area (Å²) >= 11 is 3.24. The second kappa shape index (κ2) is 8.67. The van der Waals surface area contributed by atoms with Crippen molar-refractivity contribution in [1.82, 2.24) is 0 Å². The van der Waals surface area contributed by atoms with Gasteiger partial charge in [0.1, 0.15) is 0 Å². The third-order valence-electron chi connectivity index (χ3n) is 4.54. The molecule has 0 amide bonds. The number of hydrogen-bond acceptors (Lipinski definition) is 1. The summed E-state index contributed by atoms with van der Waals surface area (Å²) in [4.78, 5) is 12.8. The van der Waals surface area contributed by atoms with Crippen molar-refractivity contribution in [3.8, 4) is 11.8 Å². The molecule has 0 aliphatic heterocycles. The van der Waals surface area contributed by atoms with Crippen LogP contribution in [0.1, 0.15) is 27.9 Å². The van der Waals surface area contributed by atoms with Gasteiger partial charge in [0.25, 0.3) is 0 Å². The Kier molecular flexibility index (Phi) is 6.24. The van der Waals surface area contributed by atoms with Gasteiger partial charge in [0, 0.05) is 22.0 Å². The van der Waals surface area contributed by atoms with Gasteiger partial charge in [0.2, 0.25) is 0 Å². The molecule has 1 nitrogen and oxygen atoms in total. The van der Waals surface area contributed by atoms with Crippen LogP contribution in [0.15, 0.2) is 89.4 Å². The minimum atomic E-state index is -4.76. The van der Waals surface area contributed by atoms with Crippen LogP contribution < -0.4 is 0 Å². The fraction of sp³-hybridized carbons (Fsp3) is 0.125. The van der Waals surface area contributed by atoms with Crippen LogP contribution in [0.4, 0.5) is 13.2 Å². The van der Waals surface area contributed by atoms with Crippen LogP contribution >= 0.6 is 15.9 Å². The molecule has 0 N–H and O–H groups in total. The van der Waals surface area contributed by atoms with Crippen molar-refractivity contribution in [2.24, 2.45) is 0 Å². The van der Waals surface area contributed by atoms with Gasteiger partial charge < -0.3 is 0 Å². The predicted octanol–water partition coefficient (Wildman–Crippen LogP) is 6.57. The monoisotopic (exact) mass is 456 g/mol. The van der Waals surface area contributed by atoms with E-state index in [1.807, 2.05) is 0 Å². The van der Waals surface area contributed by atoms with Crippen molar-refractivity contribution in [3.63, 3.8) is 0 Å². The fourth-order valence-corrected chi connectivity index (χ4v) is 3.22. The van der Waals surface area contributed by atoms with E-state index in [4.69, 9.17) is 0 Å². The summed E-state index contributed by atoms with van der Waals surface area (Å²) in [6.45, 7) is 0. The molecule has 0 saturated heterocycles. The van der Waals surface area contributed by atoms with Gasteiger partial charge in [-0.05, 0) is 29.8 Å². The number of benzene rings is 3. The van der Waals surface area contributed by atoms with Crippen LogP contribution in [0.2, 0.25) is 0 Å². The molecule has 0 saturated carbocycles. The van der Waals surface area contributed by atoms with E-state index in [2.05, 4.69) is 27.8 Å². The second-order valence-corrected chi connectivity index (χ2v) is 7.41. The first-order valence-corrected chi connectivity index (χ1v) is 9.60. The molecule has 0 heterocycles. The Morgan fingerprint density at radius 2 is 1.38 bits per heavy atom. The molecular formula is C24H16BrF3O. The third kappa shape index (κ3) is 4.78. The van der Waals surface area contributed by atoms with Gasteiger partial charge in [-0.1, -0.05) is 88.4 Å². The standard InChI is InChI=1S/C24H16BrF3O/c25-21-13-11-20(12-14-21)23(24(26,27)28,16-15-18-7-3-1-4-8-18)17-22(29)19-9-5-2-6-10-19/h1-14H,17H2. The van der Waals surface area contributed by atoms with E-state index in [9.17, 15) is 18.0 Å². The van der Waals surface area contributed by atoms with Crippen LogP contribution in [0, 0.1) is 11.8 Å². The topological polar surface area (TPSA) is 17.1 Å². The van der Waals surface area contributed by atoms with Gasteiger partial charge in [0.05, 0.1) is 0 Å². The lowest BCUT2D eigenvalue weighted by atomic mass is 9.75. The number of halogens is 4. The molecule has 146 valence electrons. The van der Waals surface area contributed by atoms with E-state index < -0.39 is 23.8 Å². The molecule has 0 bridgehead atoms. The molecule has 29 heavy (non-hydrogen) atoms. The summed E-state index contributed by atoms with van der Waals surface area (Å²) in [5.74, 6) is 4.43. The SMILES string of the molecule is O=C(CC(C#Cc1ccccc1)(c1ccc(Br)cc1)C(F)(F)F)c1ccccc1. The lowest BCUT2D eigenvalue weighted by Gasteiger charge is -2.31. The summed E-state index contributed by atoms with van der Waals surface area (Å²) in [5.41, 5.74) is -2.03. The minimum Gasteiger partial charge on any atom is -0.294 e. The maximum atomic E-state index is 14.5. The highest BCUT2D eigenvalue weighted by molar-refractivity contribution is 9.10. The van der Waals surface area contributed by atoms with Gasteiger partial charge in [-0.2, -0.15) is 13.2 Å². The molecular weight excluding hydrogens is 441 g/mol. The lowest BCUT2D eigenvalue weighted by molar-refractivity contribution is -0.172. The van der Waals surface area contributed by atoms with Gasteiger partial charge in [-0.15, -0.1) is 0 Å². The fourth-order valence-electron chi connectivity index (χ4n) is 2.95. The van der Waals surface area contributed by atoms with Crippen molar-refractivity contribution in [2.45, 2.75) is 18.0 Å². The molecule has 3 aromatic rings. The van der Waals surface area contributed by atoms with Crippen LogP contribution in [0.25, 0.3) is 0 Å². The van der Waals surface area contributed by atoms with Gasteiger partial charge in [0.15, 0.2) is 11.2 Å². The molecule has 0 aliphatic rings. The molecule has 0 fully saturated rings. The zero-order valence-corrected chi connectivity index (χ0v) is 16.8. The highest BCUT2D eigenvalue weighted by Gasteiger charge is 2.56. The van der Waals surface area contributed by atoms with E-state index in [-0.39, 0.29) is 11.1 Å². The second-order valence-electron chi connectivity index (χ2n) is 6.49. The first kappa shape index (κ1) is 20.9. The summed E-state index contributed by atoms with van der Waals surface area (Å²) in [7, 11) is 0. The number of carbonyl (C=O) groups excluding carboxylic acids is 1. The number of carbonyl (C=O) groups is 1. The van der Waals surface area contributed by atoms with E-state index in [1.54, 1.807) is 48.5 Å². The van der Waals surface area contributed by atoms with Crippen molar-refractivity contribution in [3.05, 3.63) is 106 Å². The average Bonchev–Trinajstić information content (AvgIpc) is 2.72. The van der Waals surface area contributed by atoms with Crippen LogP contribution in [-0.2, 0) is 5.41 Å². The lowest BCUT2D eigenvalue weighted by Crippen LogP contribution is -2.43. The zero-order valence-electron chi connectivity index (χ0n) is 15.2. The van der Waals surface area contributed by atoms with E-state index in [0.29, 0.717) is 10.0 Å². The smallest absolute Gasteiger partial charge is 0.294 e. The normalized spacial score (nSPS) is 13.1. The Labute approximate surface area is 175 Å². The van der Waals surface area contributed by atoms with Gasteiger partial charge in [-0.25, -0.2) is 0 Å². The van der Waals surface area contributed by atoms with Crippen molar-refractivity contribution < 1.29 is 18.0 Å². The Bertz CT molecular complexity index is 1030. The van der Waals surface area contributed by atoms with Gasteiger partial charge in [-0.3, -0.25) is 4.79 Å². The Morgan fingerprint density at radius 3 is 1.93 bits per heavy atom. The number of rotatable bonds is 4. The minimum absolute atomic E-state index is 0.0686. The highest BCUT2D eigenvalue weighted by atomic mass is 79.9. The van der Waals surface area contributed by atoms with E-state index in [1.165, 1.54) is 36.4 Å². The predicted molar refractivity (Wildman–Crippen MR) is 111 cm³/mol. The summed E-state index contributed by atoms with van der Waals surface area (Å²) in [6.07, 6.45) is -5.56. The number of hydrogen-bond donors (Lipinski definition) is 0. The largest absolute Gasteiger partial charge is 0.409 e. The van der Waals surface area contributed by atoms with Crippen molar-refractivity contribution in [2.75, 3.05) is 0 Å². The highest BCUT2D eigenvalue weighted by Crippen LogP contribution is 2.44. The maximum Gasteiger partial charge on any atom is 0.409 e. The van der Waals surface area contributed by atoms with Gasteiger partial charge >= 0.3 is 6.18 Å². The number of Topliss-reactive ketones (excluding diaryl/α,β-unsaturated/α-hetero) is 1. The first-order valence-electron chi connectivity index (χ1n) is 8.81. The van der Waals surface area contributed by atoms with Crippen LogP contribution in [0.5, 0.6) is 0 Å². The zero-order chi connectivity index (χ0) is 20.9. The molecule has 5 heteroatoms. The van der Waals surface area contributed by atoms with Crippen molar-refractivity contribution >= 4 is 21.7 Å². The number of alkyl halides is 3. The maximum absolute atomic E-state index is 14.5. The van der Waals surface area contributed by atoms with Crippen LogP contribution in [-0.4, -0.2) is 12.0 Å². The summed E-state index contributed by atoms with van der Waals surface area (Å²) in [6, 6.07) is 22.2. The average molecular weight is 457 g/mol. The van der Waals surface area contributed by atoms with Crippen molar-refractivity contribution in [1.29, 1.82) is 0 Å². The molecule has 3 rings (SSSR count). The molecule has 3 aromatic carbocycles. The molecule has 0 spiro atoms. The Morgan fingerprint density at radius 1 is 0.828 bits per heavy atom. The number of ketones is 1. The van der Waals surface area contributed by atoms with E-state index in [0.717, 1.165) is 0 Å². The summed E-state index contributed by atoms with van der Waals surface area (Å²) < 4.78 is 44.1. The Hall–Kier alpha value is -2.84. The van der Waals surface area contributed by atoms with E-state index >= 15 is 0 Å². The molecule has 1 unspecified atom stereocenters. The molecule has 0 aliphatic carbocycles. The summed E-state index contributed by atoms with van der Waals surface area (Å²) in [5, 5.41) is 0. The third-order valence-corrected chi connectivity index (χ3v) is 5.07. The Balaban J connectivity index is 2.16. The first-order chi connectivity index (χ1) is 13.8. The molecule has 1 atom stereocenters. The quantitative estimate of drug-likeness (QED) is 0.320.